The van der Waals surface area contributed by atoms with Gasteiger partial charge in [-0.1, -0.05) is 48.5 Å². The minimum absolute atomic E-state index is 0.00344. The van der Waals surface area contributed by atoms with Crippen LogP contribution in [0.4, 0.5) is 0 Å². The number of benzene rings is 3. The number of piperidine rings is 1. The van der Waals surface area contributed by atoms with Crippen LogP contribution < -0.4 is 9.47 Å². The van der Waals surface area contributed by atoms with Crippen molar-refractivity contribution in [2.75, 3.05) is 32.8 Å². The van der Waals surface area contributed by atoms with Gasteiger partial charge in [0.2, 0.25) is 5.91 Å². The maximum Gasteiger partial charge on any atom is 0.254 e. The lowest BCUT2D eigenvalue weighted by molar-refractivity contribution is -0.136. The van der Waals surface area contributed by atoms with Crippen LogP contribution >= 0.6 is 0 Å². The minimum atomic E-state index is -0.453. The number of likely N-dealkylation sites (tertiary alicyclic amines) is 1. The van der Waals surface area contributed by atoms with Gasteiger partial charge in [-0.05, 0) is 85.9 Å². The zero-order valence-corrected chi connectivity index (χ0v) is 23.5. The van der Waals surface area contributed by atoms with E-state index in [-0.39, 0.29) is 17.9 Å². The molecule has 3 aromatic rings. The average molecular weight is 539 g/mol. The molecule has 0 aliphatic carbocycles. The number of carbonyl (C=O) groups excluding carboxylic acids is 2. The molecule has 2 amide bonds. The second kappa shape index (κ2) is 11.4. The Morgan fingerprint density at radius 1 is 0.850 bits per heavy atom. The third kappa shape index (κ3) is 4.85. The molecule has 3 aliphatic rings. The van der Waals surface area contributed by atoms with Gasteiger partial charge in [0.25, 0.3) is 5.91 Å². The first-order chi connectivity index (χ1) is 19.6. The highest BCUT2D eigenvalue weighted by atomic mass is 16.5. The first-order valence-corrected chi connectivity index (χ1v) is 14.7. The van der Waals surface area contributed by atoms with Crippen molar-refractivity contribution in [1.82, 2.24) is 9.80 Å². The maximum absolute atomic E-state index is 14.5. The van der Waals surface area contributed by atoms with Gasteiger partial charge in [0.05, 0.1) is 25.2 Å². The van der Waals surface area contributed by atoms with Crippen molar-refractivity contribution >= 4 is 11.8 Å². The molecule has 6 rings (SSSR count). The first-order valence-electron chi connectivity index (χ1n) is 14.7. The van der Waals surface area contributed by atoms with Crippen LogP contribution in [0.1, 0.15) is 71.3 Å². The van der Waals surface area contributed by atoms with Crippen molar-refractivity contribution in [2.45, 2.75) is 51.5 Å². The molecule has 0 bridgehead atoms. The van der Waals surface area contributed by atoms with E-state index in [4.69, 9.17) is 9.47 Å². The monoisotopic (exact) mass is 538 g/mol. The molecule has 0 saturated carbocycles. The fourth-order valence-electron chi connectivity index (χ4n) is 6.84. The van der Waals surface area contributed by atoms with Crippen LogP contribution in [-0.2, 0) is 17.6 Å². The number of nitrogens with zero attached hydrogens (tertiary/aromatic N) is 2. The zero-order valence-electron chi connectivity index (χ0n) is 23.5. The van der Waals surface area contributed by atoms with Crippen molar-refractivity contribution in [3.8, 4) is 11.5 Å². The Balaban J connectivity index is 1.33. The van der Waals surface area contributed by atoms with E-state index in [1.54, 1.807) is 0 Å². The second-order valence-electron chi connectivity index (χ2n) is 11.1. The van der Waals surface area contributed by atoms with E-state index in [9.17, 15) is 9.59 Å². The molecule has 3 aliphatic heterocycles. The number of amides is 2. The predicted octanol–water partition coefficient (Wildman–Crippen LogP) is 5.80. The zero-order chi connectivity index (χ0) is 27.6. The lowest BCUT2D eigenvalue weighted by Crippen LogP contribution is -2.51. The second-order valence-corrected chi connectivity index (χ2v) is 11.1. The number of hydrogen-bond acceptors (Lipinski definition) is 4. The quantitative estimate of drug-likeness (QED) is 0.381. The Bertz CT molecular complexity index is 1380. The van der Waals surface area contributed by atoms with Crippen molar-refractivity contribution in [3.63, 3.8) is 0 Å². The summed E-state index contributed by atoms with van der Waals surface area (Å²) in [7, 11) is 0. The van der Waals surface area contributed by atoms with Gasteiger partial charge < -0.3 is 19.3 Å². The molecule has 1 saturated heterocycles. The summed E-state index contributed by atoms with van der Waals surface area (Å²) in [5.41, 5.74) is 4.97. The smallest absolute Gasteiger partial charge is 0.254 e. The van der Waals surface area contributed by atoms with Gasteiger partial charge in [0.1, 0.15) is 0 Å². The number of fused-ring (bicyclic) bond motifs is 4. The van der Waals surface area contributed by atoms with Gasteiger partial charge >= 0.3 is 0 Å². The fourth-order valence-corrected chi connectivity index (χ4v) is 6.84. The highest BCUT2D eigenvalue weighted by Crippen LogP contribution is 2.49. The van der Waals surface area contributed by atoms with E-state index in [1.807, 2.05) is 54.0 Å². The molecule has 6 nitrogen and oxygen atoms in total. The Labute approximate surface area is 236 Å². The van der Waals surface area contributed by atoms with Gasteiger partial charge in [-0.15, -0.1) is 0 Å². The van der Waals surface area contributed by atoms with E-state index in [1.165, 1.54) is 5.56 Å². The Kier molecular flexibility index (Phi) is 7.50. The summed E-state index contributed by atoms with van der Waals surface area (Å²) in [4.78, 5) is 32.2. The van der Waals surface area contributed by atoms with Crippen LogP contribution in [-0.4, -0.2) is 54.5 Å². The third-order valence-corrected chi connectivity index (χ3v) is 8.74. The summed E-state index contributed by atoms with van der Waals surface area (Å²) in [6.45, 7) is 7.04. The molecule has 1 fully saturated rings. The normalized spacial score (nSPS) is 20.4. The number of ether oxygens (including phenoxy) is 2. The minimum Gasteiger partial charge on any atom is -0.490 e. The summed E-state index contributed by atoms with van der Waals surface area (Å²) in [5.74, 6) is 1.64. The van der Waals surface area contributed by atoms with E-state index in [0.717, 1.165) is 61.2 Å². The Morgan fingerprint density at radius 2 is 1.52 bits per heavy atom. The predicted molar refractivity (Wildman–Crippen MR) is 155 cm³/mol. The van der Waals surface area contributed by atoms with E-state index in [0.29, 0.717) is 37.0 Å². The van der Waals surface area contributed by atoms with Gasteiger partial charge in [-0.3, -0.25) is 9.59 Å². The molecule has 2 atom stereocenters. The van der Waals surface area contributed by atoms with Gasteiger partial charge in [0.15, 0.2) is 11.5 Å². The third-order valence-electron chi connectivity index (χ3n) is 8.74. The van der Waals surface area contributed by atoms with Crippen LogP contribution in [0.5, 0.6) is 11.5 Å². The molecule has 208 valence electrons. The molecular weight excluding hydrogens is 500 g/mol. The van der Waals surface area contributed by atoms with Gasteiger partial charge in [-0.2, -0.15) is 0 Å². The number of hydrogen-bond donors (Lipinski definition) is 0. The SMILES string of the molecule is CCOc1cc2c(cc1OCC)[C@@H]1[C@H](C(=O)N3CCC(Cc4ccccc4)CC3)c3ccccc3C(=O)N1CC2. The first kappa shape index (κ1) is 26.4. The molecule has 3 aromatic carbocycles. The average Bonchev–Trinajstić information content (AvgIpc) is 2.98. The Morgan fingerprint density at radius 3 is 2.25 bits per heavy atom. The molecule has 0 N–H and O–H groups in total. The highest BCUT2D eigenvalue weighted by Gasteiger charge is 2.48. The van der Waals surface area contributed by atoms with Crippen molar-refractivity contribution < 1.29 is 19.1 Å². The lowest BCUT2D eigenvalue weighted by atomic mass is 9.75. The number of rotatable bonds is 7. The highest BCUT2D eigenvalue weighted by molar-refractivity contribution is 6.01. The van der Waals surface area contributed by atoms with Crippen LogP contribution in [0.25, 0.3) is 0 Å². The summed E-state index contributed by atoms with van der Waals surface area (Å²) in [5, 5.41) is 0. The molecule has 0 spiro atoms. The van der Waals surface area contributed by atoms with Crippen LogP contribution in [0.3, 0.4) is 0 Å². The molecule has 0 radical (unpaired) electrons. The van der Waals surface area contributed by atoms with Gasteiger partial charge in [0, 0.05) is 25.2 Å². The van der Waals surface area contributed by atoms with Crippen LogP contribution in [0.15, 0.2) is 66.7 Å². The molecule has 3 heterocycles. The largest absolute Gasteiger partial charge is 0.490 e. The fraction of sp³-hybridized carbons (Fsp3) is 0.412. The molecule has 40 heavy (non-hydrogen) atoms. The van der Waals surface area contributed by atoms with Crippen molar-refractivity contribution in [2.24, 2.45) is 5.92 Å². The summed E-state index contributed by atoms with van der Waals surface area (Å²) < 4.78 is 11.9. The molecule has 0 aromatic heterocycles. The van der Waals surface area contributed by atoms with Crippen LogP contribution in [0.2, 0.25) is 0 Å². The summed E-state index contributed by atoms with van der Waals surface area (Å²) in [6.07, 6.45) is 3.75. The Hall–Kier alpha value is -3.80. The van der Waals surface area contributed by atoms with Crippen LogP contribution in [0, 0.1) is 5.92 Å². The summed E-state index contributed by atoms with van der Waals surface area (Å²) >= 11 is 0. The van der Waals surface area contributed by atoms with E-state index >= 15 is 0 Å². The molecule has 6 heteroatoms. The van der Waals surface area contributed by atoms with E-state index < -0.39 is 5.92 Å². The lowest BCUT2D eigenvalue weighted by Gasteiger charge is -2.47. The van der Waals surface area contributed by atoms with Gasteiger partial charge in [-0.25, -0.2) is 0 Å². The standard InChI is InChI=1S/C34H38N2O4/c1-3-39-29-21-25-16-19-36-32(28(25)22-30(29)40-4-2)31(26-12-8-9-13-27(26)33(36)37)34(38)35-17-14-24(15-18-35)20-23-10-6-5-7-11-23/h5-13,21-22,24,31-32H,3-4,14-20H2,1-2H3/t31-,32-/m1/s1. The number of carbonyl (C=O) groups is 2. The molecular formula is C34H38N2O4. The maximum atomic E-state index is 14.5. The molecule has 0 unspecified atom stereocenters. The van der Waals surface area contributed by atoms with Crippen molar-refractivity contribution in [3.05, 3.63) is 94.5 Å². The summed E-state index contributed by atoms with van der Waals surface area (Å²) in [6, 6.07) is 22.0. The topological polar surface area (TPSA) is 59.1 Å². The van der Waals surface area contributed by atoms with E-state index in [2.05, 4.69) is 36.4 Å². The van der Waals surface area contributed by atoms with Crippen molar-refractivity contribution in [1.29, 1.82) is 0 Å².